The molecule has 0 unspecified atom stereocenters. The van der Waals surface area contributed by atoms with Gasteiger partial charge in [-0.1, -0.05) is 0 Å². The van der Waals surface area contributed by atoms with Gasteiger partial charge in [0.15, 0.2) is 0 Å². The van der Waals surface area contributed by atoms with Crippen LogP contribution in [0, 0.1) is 0 Å². The molecule has 88 valence electrons. The predicted octanol–water partition coefficient (Wildman–Crippen LogP) is 4.23. The van der Waals surface area contributed by atoms with Crippen LogP contribution in [0.5, 0.6) is 0 Å². The maximum atomic E-state index is 6.28. The van der Waals surface area contributed by atoms with Gasteiger partial charge in [0.1, 0.15) is 0 Å². The van der Waals surface area contributed by atoms with Crippen molar-refractivity contribution in [2.45, 2.75) is 12.8 Å². The van der Waals surface area contributed by atoms with Crippen LogP contribution in [-0.4, -0.2) is 0 Å². The average Bonchev–Trinajstić information content (AvgIpc) is 3.10. The van der Waals surface area contributed by atoms with Gasteiger partial charge in [0, 0.05) is 0 Å². The summed E-state index contributed by atoms with van der Waals surface area (Å²) in [5, 5.41) is 0. The van der Waals surface area contributed by atoms with Crippen LogP contribution in [0.15, 0.2) is 54.7 Å². The van der Waals surface area contributed by atoms with Crippen LogP contribution in [-0.2, 0) is 22.0 Å². The van der Waals surface area contributed by atoms with Crippen molar-refractivity contribution in [1.82, 2.24) is 0 Å². The third-order valence-corrected chi connectivity index (χ3v) is 6.10. The Morgan fingerprint density at radius 2 is 1.67 bits per heavy atom. The summed E-state index contributed by atoms with van der Waals surface area (Å²) in [5.74, 6) is 0. The number of rotatable bonds is 3. The van der Waals surface area contributed by atoms with Crippen molar-refractivity contribution < 1.29 is 22.0 Å². The Kier molecular flexibility index (Phi) is 3.82. The van der Waals surface area contributed by atoms with Gasteiger partial charge in [-0.05, 0) is 0 Å². The molecule has 0 radical (unpaired) electrons. The first-order chi connectivity index (χ1) is 8.90. The van der Waals surface area contributed by atoms with Gasteiger partial charge in [-0.15, -0.1) is 0 Å². The van der Waals surface area contributed by atoms with E-state index in [1.807, 2.05) is 0 Å². The quantitative estimate of drug-likeness (QED) is 0.777. The molecule has 18 heavy (non-hydrogen) atoms. The average molecular weight is 332 g/mol. The number of benzene rings is 1. The third-order valence-electron chi connectivity index (χ3n) is 3.38. The first-order valence-electron chi connectivity index (χ1n) is 6.12. The van der Waals surface area contributed by atoms with E-state index in [1.54, 1.807) is 0 Å². The normalized spacial score (nSPS) is 16.9. The van der Waals surface area contributed by atoms with E-state index in [9.17, 15) is 0 Å². The van der Waals surface area contributed by atoms with Crippen molar-refractivity contribution in [1.29, 1.82) is 0 Å². The van der Waals surface area contributed by atoms with Crippen molar-refractivity contribution >= 4 is 22.9 Å². The van der Waals surface area contributed by atoms with Gasteiger partial charge >= 0.3 is 124 Å². The summed E-state index contributed by atoms with van der Waals surface area (Å²) >= 11 is -0.940. The van der Waals surface area contributed by atoms with E-state index in [2.05, 4.69) is 54.7 Å². The van der Waals surface area contributed by atoms with Crippen molar-refractivity contribution in [3.63, 3.8) is 0 Å². The Morgan fingerprint density at radius 3 is 2.28 bits per heavy atom. The van der Waals surface area contributed by atoms with E-state index in [1.165, 1.54) is 25.5 Å². The van der Waals surface area contributed by atoms with Crippen LogP contribution in [0.2, 0.25) is 0 Å². The molecule has 0 atom stereocenters. The summed E-state index contributed by atoms with van der Waals surface area (Å²) in [5.41, 5.74) is 5.65. The number of hydrogen-bond donors (Lipinski definition) is 0. The Labute approximate surface area is 123 Å². The molecule has 0 heterocycles. The van der Waals surface area contributed by atoms with E-state index >= 15 is 0 Å². The van der Waals surface area contributed by atoms with Crippen molar-refractivity contribution in [3.05, 3.63) is 65.8 Å². The molecule has 0 N–H and O–H groups in total. The molecule has 2 aliphatic carbocycles. The first-order valence-corrected chi connectivity index (χ1v) is 10.5. The van der Waals surface area contributed by atoms with Gasteiger partial charge in [0.05, 0.1) is 0 Å². The van der Waals surface area contributed by atoms with Gasteiger partial charge in [0.2, 0.25) is 0 Å². The molecule has 0 aromatic heterocycles. The predicted molar refractivity (Wildman–Crippen MR) is 75.4 cm³/mol. The van der Waals surface area contributed by atoms with Crippen molar-refractivity contribution in [3.8, 4) is 0 Å². The van der Waals surface area contributed by atoms with E-state index in [-0.39, 0.29) is 0 Å². The molecular formula is C16H13ClZr. The molecule has 2 aliphatic rings. The van der Waals surface area contributed by atoms with Gasteiger partial charge in [-0.2, -0.15) is 0 Å². The van der Waals surface area contributed by atoms with Crippen LogP contribution in [0.1, 0.15) is 24.0 Å². The van der Waals surface area contributed by atoms with Gasteiger partial charge < -0.3 is 0 Å². The molecule has 0 spiro atoms. The molecule has 0 amide bonds. The second-order valence-corrected chi connectivity index (χ2v) is 7.38. The summed E-state index contributed by atoms with van der Waals surface area (Å²) in [7, 11) is 6.28. The van der Waals surface area contributed by atoms with Crippen molar-refractivity contribution in [2.24, 2.45) is 0 Å². The number of allylic oxidation sites excluding steroid dienone is 8. The topological polar surface area (TPSA) is 0 Å². The third kappa shape index (κ3) is 2.27. The van der Waals surface area contributed by atoms with E-state index in [4.69, 9.17) is 8.51 Å². The van der Waals surface area contributed by atoms with Crippen molar-refractivity contribution in [2.75, 3.05) is 0 Å². The van der Waals surface area contributed by atoms with Gasteiger partial charge in [0.25, 0.3) is 0 Å². The molecule has 0 nitrogen and oxygen atoms in total. The van der Waals surface area contributed by atoms with Crippen LogP contribution >= 0.6 is 8.51 Å². The maximum absolute atomic E-state index is 6.28. The zero-order valence-corrected chi connectivity index (χ0v) is 13.2. The second-order valence-electron chi connectivity index (χ2n) is 4.47. The minimum atomic E-state index is -0.940. The molecule has 0 aliphatic heterocycles. The summed E-state index contributed by atoms with van der Waals surface area (Å²) < 4.78 is 1.40. The molecule has 0 fully saturated rings. The molecule has 2 heteroatoms. The fourth-order valence-electron chi connectivity index (χ4n) is 2.52. The standard InChI is InChI=1S/C16H13.ClH.Zr/c1-2-8-13(7-1)15-11-5-6-12-16(15)14-9-3-4-10-14;;/h1-7,9,11H,8,10H2;1H;/q;;+1/p-1. The fourth-order valence-corrected chi connectivity index (χ4v) is 4.81. The summed E-state index contributed by atoms with van der Waals surface area (Å²) in [4.78, 5) is 0. The molecule has 1 aromatic carbocycles. The van der Waals surface area contributed by atoms with E-state index < -0.39 is 22.0 Å². The Bertz CT molecular complexity index is 591. The first kappa shape index (κ1) is 12.4. The molecule has 1 aromatic rings. The van der Waals surface area contributed by atoms with Crippen LogP contribution in [0.4, 0.5) is 0 Å². The van der Waals surface area contributed by atoms with Gasteiger partial charge in [-0.3, -0.25) is 0 Å². The summed E-state index contributed by atoms with van der Waals surface area (Å²) in [6.45, 7) is 0. The van der Waals surface area contributed by atoms with E-state index in [0.29, 0.717) is 0 Å². The number of halogens is 1. The fraction of sp³-hybridized carbons (Fsp3) is 0.125. The molecule has 0 saturated carbocycles. The Balaban J connectivity index is 2.13. The zero-order chi connectivity index (χ0) is 12.4. The molecule has 3 rings (SSSR count). The van der Waals surface area contributed by atoms with Crippen LogP contribution in [0.3, 0.4) is 0 Å². The monoisotopic (exact) mass is 330 g/mol. The SMILES string of the molecule is [Cl][Zr][c]1cccc(C2=CC=CC2)c1C1=CC=CC1. The summed E-state index contributed by atoms with van der Waals surface area (Å²) in [6.07, 6.45) is 15.3. The van der Waals surface area contributed by atoms with Crippen LogP contribution < -0.4 is 3.27 Å². The van der Waals surface area contributed by atoms with Gasteiger partial charge in [-0.25, -0.2) is 0 Å². The second kappa shape index (κ2) is 5.55. The summed E-state index contributed by atoms with van der Waals surface area (Å²) in [6, 6.07) is 6.60. The molecule has 0 saturated heterocycles. The van der Waals surface area contributed by atoms with Crippen LogP contribution in [0.25, 0.3) is 11.1 Å². The molecule has 0 bridgehead atoms. The minimum absolute atomic E-state index is 0.940. The molecular weight excluding hydrogens is 319 g/mol. The Hall–Kier alpha value is -0.647. The number of hydrogen-bond acceptors (Lipinski definition) is 0. The Morgan fingerprint density at radius 1 is 0.944 bits per heavy atom. The van der Waals surface area contributed by atoms with E-state index in [0.717, 1.165) is 12.8 Å². The zero-order valence-electron chi connectivity index (χ0n) is 9.99.